The van der Waals surface area contributed by atoms with Crippen molar-refractivity contribution < 1.29 is 54.8 Å². The number of halogens is 3. The van der Waals surface area contributed by atoms with Crippen molar-refractivity contribution in [3.05, 3.63) is 12.7 Å². The SMILES string of the molecule is C=CCN1C(=O)C(S(=O)(=O)C(F)(F)F)C(=O)N(CCCC)C1=O.[Li+]. The number of rotatable bonds is 6. The van der Waals surface area contributed by atoms with Crippen LogP contribution in [0.5, 0.6) is 0 Å². The average Bonchev–Trinajstić information content (AvgIpc) is 2.42. The molecule has 4 amide bonds. The molecule has 0 aliphatic carbocycles. The first kappa shape index (κ1) is 22.7. The van der Waals surface area contributed by atoms with Crippen molar-refractivity contribution >= 4 is 27.7 Å². The Bertz CT molecular complexity index is 635. The summed E-state index contributed by atoms with van der Waals surface area (Å²) in [4.78, 5) is 36.7. The van der Waals surface area contributed by atoms with Gasteiger partial charge in [0.25, 0.3) is 21.7 Å². The van der Waals surface area contributed by atoms with Crippen LogP contribution in [0, 0.1) is 0 Å². The second kappa shape index (κ2) is 8.18. The fourth-order valence-corrected chi connectivity index (χ4v) is 2.99. The Morgan fingerprint density at radius 3 is 2.08 bits per heavy atom. The van der Waals surface area contributed by atoms with E-state index in [-0.39, 0.29) is 36.7 Å². The Labute approximate surface area is 148 Å². The van der Waals surface area contributed by atoms with E-state index in [1.807, 2.05) is 0 Å². The van der Waals surface area contributed by atoms with Gasteiger partial charge in [0, 0.05) is 13.1 Å². The molecule has 12 heteroatoms. The number of imide groups is 2. The van der Waals surface area contributed by atoms with Gasteiger partial charge in [-0.15, -0.1) is 6.58 Å². The molecule has 1 fully saturated rings. The van der Waals surface area contributed by atoms with Gasteiger partial charge >= 0.3 is 30.4 Å². The van der Waals surface area contributed by atoms with Gasteiger partial charge in [0.2, 0.25) is 5.25 Å². The topological polar surface area (TPSA) is 91.8 Å². The quantitative estimate of drug-likeness (QED) is 0.311. The number of alkyl halides is 3. The minimum atomic E-state index is -6.10. The first-order valence-electron chi connectivity index (χ1n) is 6.58. The largest absolute Gasteiger partial charge is 1.00 e. The number of amides is 4. The second-order valence-corrected chi connectivity index (χ2v) is 6.76. The van der Waals surface area contributed by atoms with Gasteiger partial charge in [-0.3, -0.25) is 19.4 Å². The summed E-state index contributed by atoms with van der Waals surface area (Å²) in [5.74, 6) is -3.39. The van der Waals surface area contributed by atoms with Crippen molar-refractivity contribution in [1.29, 1.82) is 0 Å². The fraction of sp³-hybridized carbons (Fsp3) is 0.583. The molecular weight excluding hydrogens is 348 g/mol. The molecule has 1 rings (SSSR count). The third-order valence-electron chi connectivity index (χ3n) is 3.12. The zero-order valence-electron chi connectivity index (χ0n) is 13.2. The summed E-state index contributed by atoms with van der Waals surface area (Å²) in [6.45, 7) is 4.17. The van der Waals surface area contributed by atoms with E-state index in [0.717, 1.165) is 6.08 Å². The molecule has 0 N–H and O–H groups in total. The van der Waals surface area contributed by atoms with E-state index in [9.17, 15) is 36.0 Å². The van der Waals surface area contributed by atoms with Crippen LogP contribution in [0.2, 0.25) is 0 Å². The van der Waals surface area contributed by atoms with Crippen LogP contribution < -0.4 is 18.9 Å². The minimum Gasteiger partial charge on any atom is -0.272 e. The van der Waals surface area contributed by atoms with Crippen LogP contribution in [0.15, 0.2) is 12.7 Å². The van der Waals surface area contributed by atoms with Gasteiger partial charge in [0.15, 0.2) is 0 Å². The molecule has 1 saturated heterocycles. The number of sulfone groups is 1. The number of nitrogens with zero attached hydrogens (tertiary/aromatic N) is 2. The predicted molar refractivity (Wildman–Crippen MR) is 72.7 cm³/mol. The molecule has 1 aliphatic rings. The summed E-state index contributed by atoms with van der Waals surface area (Å²) in [6, 6.07) is -1.15. The van der Waals surface area contributed by atoms with Gasteiger partial charge in [0.05, 0.1) is 0 Å². The second-order valence-electron chi connectivity index (χ2n) is 4.73. The van der Waals surface area contributed by atoms with Crippen molar-refractivity contribution in [2.75, 3.05) is 13.1 Å². The van der Waals surface area contributed by atoms with E-state index in [0.29, 0.717) is 11.3 Å². The normalized spacial score (nSPS) is 19.3. The van der Waals surface area contributed by atoms with Crippen LogP contribution in [0.3, 0.4) is 0 Å². The van der Waals surface area contributed by atoms with E-state index < -0.39 is 45.0 Å². The molecule has 0 spiro atoms. The fourth-order valence-electron chi connectivity index (χ4n) is 1.94. The Morgan fingerprint density at radius 1 is 1.17 bits per heavy atom. The first-order valence-corrected chi connectivity index (χ1v) is 8.13. The number of urea groups is 1. The molecule has 0 aromatic heterocycles. The van der Waals surface area contributed by atoms with Gasteiger partial charge in [-0.1, -0.05) is 19.4 Å². The Morgan fingerprint density at radius 2 is 1.67 bits per heavy atom. The summed E-state index contributed by atoms with van der Waals surface area (Å²) >= 11 is 0. The van der Waals surface area contributed by atoms with E-state index in [4.69, 9.17) is 0 Å². The molecule has 0 aromatic rings. The zero-order chi connectivity index (χ0) is 18.0. The number of carbonyl (C=O) groups excluding carboxylic acids is 3. The van der Waals surface area contributed by atoms with Crippen LogP contribution in [-0.2, 0) is 19.4 Å². The van der Waals surface area contributed by atoms with Crippen LogP contribution in [-0.4, -0.2) is 59.9 Å². The van der Waals surface area contributed by atoms with E-state index in [2.05, 4.69) is 6.58 Å². The Balaban J connectivity index is 0.00000529. The van der Waals surface area contributed by atoms with Crippen LogP contribution >= 0.6 is 0 Å². The molecule has 0 radical (unpaired) electrons. The summed E-state index contributed by atoms with van der Waals surface area (Å²) in [5.41, 5.74) is -5.79. The van der Waals surface area contributed by atoms with Crippen molar-refractivity contribution in [2.24, 2.45) is 0 Å². The molecule has 7 nitrogen and oxygen atoms in total. The number of hydrogen-bond donors (Lipinski definition) is 0. The molecule has 1 atom stereocenters. The first-order chi connectivity index (χ1) is 10.5. The third kappa shape index (κ3) is 4.02. The maximum Gasteiger partial charge on any atom is 1.00 e. The van der Waals surface area contributed by atoms with Gasteiger partial charge in [-0.25, -0.2) is 13.2 Å². The van der Waals surface area contributed by atoms with Crippen LogP contribution in [0.1, 0.15) is 19.8 Å². The number of unbranched alkanes of at least 4 members (excludes halogenated alkanes) is 1. The molecule has 130 valence electrons. The average molecular weight is 363 g/mol. The number of barbiturate groups is 1. The van der Waals surface area contributed by atoms with Crippen molar-refractivity contribution in [3.8, 4) is 0 Å². The van der Waals surface area contributed by atoms with E-state index in [1.165, 1.54) is 0 Å². The van der Waals surface area contributed by atoms with Gasteiger partial charge < -0.3 is 0 Å². The third-order valence-corrected chi connectivity index (χ3v) is 4.79. The van der Waals surface area contributed by atoms with Gasteiger partial charge in [0.1, 0.15) is 0 Å². The number of hydrogen-bond acceptors (Lipinski definition) is 5. The molecule has 0 saturated carbocycles. The minimum absolute atomic E-state index is 0. The standard InChI is InChI=1S/C12H15F3N2O5S.Li/c1-3-5-7-17-10(19)8(23(21,22)12(13,14)15)9(18)16(6-4-2)11(17)20;/h4,8H,2-3,5-7H2,1H3;/q;+1. The monoisotopic (exact) mass is 363 g/mol. The number of carbonyl (C=O) groups is 3. The zero-order valence-corrected chi connectivity index (χ0v) is 14.0. The van der Waals surface area contributed by atoms with Crippen LogP contribution in [0.25, 0.3) is 0 Å². The molecular formula is C12H15F3LiN2O5S+. The molecule has 0 bridgehead atoms. The summed E-state index contributed by atoms with van der Waals surface area (Å²) in [5, 5.41) is -3.00. The van der Waals surface area contributed by atoms with E-state index >= 15 is 0 Å². The molecule has 1 heterocycles. The maximum absolute atomic E-state index is 12.7. The molecule has 24 heavy (non-hydrogen) atoms. The van der Waals surface area contributed by atoms with Crippen molar-refractivity contribution in [2.45, 2.75) is 30.5 Å². The van der Waals surface area contributed by atoms with Crippen molar-refractivity contribution in [3.63, 3.8) is 0 Å². The van der Waals surface area contributed by atoms with Gasteiger partial charge in [-0.2, -0.15) is 13.2 Å². The predicted octanol–water partition coefficient (Wildman–Crippen LogP) is -1.93. The van der Waals surface area contributed by atoms with E-state index in [1.54, 1.807) is 6.92 Å². The van der Waals surface area contributed by atoms with Gasteiger partial charge in [-0.05, 0) is 6.42 Å². The molecule has 1 aliphatic heterocycles. The summed E-state index contributed by atoms with van der Waals surface area (Å²) < 4.78 is 61.3. The maximum atomic E-state index is 12.7. The summed E-state index contributed by atoms with van der Waals surface area (Å²) in [7, 11) is -6.10. The van der Waals surface area contributed by atoms with Crippen molar-refractivity contribution in [1.82, 2.24) is 9.80 Å². The molecule has 1 unspecified atom stereocenters. The molecule has 0 aromatic carbocycles. The Kier molecular flexibility index (Phi) is 7.73. The Hall–Kier alpha value is -1.31. The summed E-state index contributed by atoms with van der Waals surface area (Å²) in [6.07, 6.45) is 1.80. The van der Waals surface area contributed by atoms with Crippen LogP contribution in [0.4, 0.5) is 18.0 Å². The smallest absolute Gasteiger partial charge is 0.272 e.